The molecule has 2 heterocycles. The number of nitrogens with one attached hydrogen (secondary N) is 4. The molecule has 0 atom stereocenters. The number of carbonyl (C=O) groups is 1. The third-order valence-electron chi connectivity index (χ3n) is 4.52. The molecule has 0 unspecified atom stereocenters. The van der Waals surface area contributed by atoms with E-state index in [2.05, 4.69) is 25.6 Å². The monoisotopic (exact) mass is 419 g/mol. The van der Waals surface area contributed by atoms with Gasteiger partial charge in [0.15, 0.2) is 0 Å². The van der Waals surface area contributed by atoms with Gasteiger partial charge in [-0.3, -0.25) is 14.6 Å². The minimum Gasteiger partial charge on any atom is -0.357 e. The topological polar surface area (TPSA) is 103 Å². The van der Waals surface area contributed by atoms with Crippen LogP contribution in [0.3, 0.4) is 0 Å². The Morgan fingerprint density at radius 3 is 2.37 bits per heavy atom. The molecule has 2 aromatic heterocycles. The third kappa shape index (κ3) is 4.26. The van der Waals surface area contributed by atoms with Crippen LogP contribution in [0.4, 0.5) is 17.3 Å². The largest absolute Gasteiger partial charge is 0.357 e. The minimum atomic E-state index is -0.236. The number of hydrogen-bond acceptors (Lipinski definition) is 4. The lowest BCUT2D eigenvalue weighted by Crippen LogP contribution is -2.15. The summed E-state index contributed by atoms with van der Waals surface area (Å²) in [5.74, 6) is 0.0970. The smallest absolute Gasteiger partial charge is 0.272 e. The molecule has 0 aliphatic heterocycles. The maximum Gasteiger partial charge on any atom is 0.272 e. The Morgan fingerprint density at radius 1 is 1.00 bits per heavy atom. The molecule has 0 radical (unpaired) electrons. The van der Waals surface area contributed by atoms with E-state index in [9.17, 15) is 9.59 Å². The van der Waals surface area contributed by atoms with E-state index in [0.717, 1.165) is 11.3 Å². The molecule has 4 aromatic rings. The number of benzene rings is 2. The maximum absolute atomic E-state index is 12.4. The van der Waals surface area contributed by atoms with Gasteiger partial charge in [0.05, 0.1) is 5.69 Å². The molecule has 0 spiro atoms. The Bertz CT molecular complexity index is 1230. The first-order valence-corrected chi connectivity index (χ1v) is 9.56. The molecule has 8 heteroatoms. The van der Waals surface area contributed by atoms with Gasteiger partial charge in [0, 0.05) is 33.7 Å². The molecule has 4 N–H and O–H groups in total. The van der Waals surface area contributed by atoms with Crippen molar-refractivity contribution in [1.29, 1.82) is 0 Å². The summed E-state index contributed by atoms with van der Waals surface area (Å²) in [5, 5.41) is 6.51. The van der Waals surface area contributed by atoms with Gasteiger partial charge in [-0.05, 0) is 55.5 Å². The molecule has 0 fully saturated rings. The highest BCUT2D eigenvalue weighted by Gasteiger charge is 2.11. The van der Waals surface area contributed by atoms with Crippen LogP contribution >= 0.6 is 11.6 Å². The normalized spacial score (nSPS) is 10.6. The molecule has 0 saturated carbocycles. The van der Waals surface area contributed by atoms with Gasteiger partial charge in [-0.25, -0.2) is 4.98 Å². The van der Waals surface area contributed by atoms with Crippen molar-refractivity contribution in [2.75, 3.05) is 10.6 Å². The number of rotatable bonds is 5. The van der Waals surface area contributed by atoms with Crippen LogP contribution in [0.25, 0.3) is 11.3 Å². The summed E-state index contributed by atoms with van der Waals surface area (Å²) in [6.45, 7) is 1.72. The fourth-order valence-electron chi connectivity index (χ4n) is 2.92. The second-order valence-electron chi connectivity index (χ2n) is 6.64. The Labute approximate surface area is 177 Å². The van der Waals surface area contributed by atoms with Crippen LogP contribution in [0, 0.1) is 6.92 Å². The number of carbonyl (C=O) groups excluding carboxylic acids is 1. The van der Waals surface area contributed by atoms with E-state index in [4.69, 9.17) is 11.6 Å². The standard InChI is InChI=1S/C22H18ClN5O2/c1-13-19(27-22(28-20(13)29)26-17-10-6-15(23)7-11-17)14-4-8-16(9-5-14)25-21(30)18-3-2-12-24-18/h2-12,24H,1H3,(H,25,30)(H2,26,27,28,29). The first kappa shape index (κ1) is 19.5. The number of halogens is 1. The Kier molecular flexibility index (Phi) is 5.36. The quantitative estimate of drug-likeness (QED) is 0.375. The maximum atomic E-state index is 12.4. The number of aromatic nitrogens is 3. The van der Waals surface area contributed by atoms with Gasteiger partial charge < -0.3 is 15.6 Å². The van der Waals surface area contributed by atoms with E-state index in [1.807, 2.05) is 12.1 Å². The van der Waals surface area contributed by atoms with Crippen molar-refractivity contribution in [3.63, 3.8) is 0 Å². The summed E-state index contributed by atoms with van der Waals surface area (Å²) in [6, 6.07) is 17.7. The summed E-state index contributed by atoms with van der Waals surface area (Å²) >= 11 is 5.91. The SMILES string of the molecule is Cc1c(-c2ccc(NC(=O)c3ccc[nH]3)cc2)nc(Nc2ccc(Cl)cc2)[nH]c1=O. The van der Waals surface area contributed by atoms with Crippen LogP contribution in [0.5, 0.6) is 0 Å². The average Bonchev–Trinajstić information content (AvgIpc) is 3.28. The molecule has 7 nitrogen and oxygen atoms in total. The van der Waals surface area contributed by atoms with Crippen LogP contribution in [0.1, 0.15) is 16.1 Å². The first-order chi connectivity index (χ1) is 14.5. The zero-order valence-corrected chi connectivity index (χ0v) is 16.7. The van der Waals surface area contributed by atoms with Crippen molar-refractivity contribution in [3.8, 4) is 11.3 Å². The van der Waals surface area contributed by atoms with Crippen LogP contribution in [-0.2, 0) is 0 Å². The summed E-state index contributed by atoms with van der Waals surface area (Å²) < 4.78 is 0. The number of amides is 1. The zero-order chi connectivity index (χ0) is 21.1. The average molecular weight is 420 g/mol. The van der Waals surface area contributed by atoms with Gasteiger partial charge in [-0.1, -0.05) is 23.7 Å². The molecule has 0 bridgehead atoms. The van der Waals surface area contributed by atoms with Gasteiger partial charge in [0.1, 0.15) is 5.69 Å². The molecule has 0 saturated heterocycles. The van der Waals surface area contributed by atoms with Crippen molar-refractivity contribution in [2.45, 2.75) is 6.92 Å². The van der Waals surface area contributed by atoms with Crippen molar-refractivity contribution < 1.29 is 4.79 Å². The molecular weight excluding hydrogens is 402 g/mol. The highest BCUT2D eigenvalue weighted by molar-refractivity contribution is 6.30. The Balaban J connectivity index is 1.58. The lowest BCUT2D eigenvalue weighted by atomic mass is 10.1. The van der Waals surface area contributed by atoms with Gasteiger partial charge in [-0.2, -0.15) is 0 Å². The Morgan fingerprint density at radius 2 is 1.70 bits per heavy atom. The van der Waals surface area contributed by atoms with Crippen molar-refractivity contribution in [2.24, 2.45) is 0 Å². The second kappa shape index (κ2) is 8.26. The lowest BCUT2D eigenvalue weighted by molar-refractivity contribution is 0.102. The van der Waals surface area contributed by atoms with Crippen LogP contribution < -0.4 is 16.2 Å². The summed E-state index contributed by atoms with van der Waals surface area (Å²) in [6.07, 6.45) is 1.69. The lowest BCUT2D eigenvalue weighted by Gasteiger charge is -2.11. The van der Waals surface area contributed by atoms with E-state index >= 15 is 0 Å². The van der Waals surface area contributed by atoms with E-state index in [-0.39, 0.29) is 11.5 Å². The van der Waals surface area contributed by atoms with Crippen molar-refractivity contribution >= 4 is 34.8 Å². The molecule has 0 aliphatic carbocycles. The fourth-order valence-corrected chi connectivity index (χ4v) is 3.05. The third-order valence-corrected chi connectivity index (χ3v) is 4.77. The van der Waals surface area contributed by atoms with Gasteiger partial charge in [-0.15, -0.1) is 0 Å². The molecule has 30 heavy (non-hydrogen) atoms. The molecule has 1 amide bonds. The van der Waals surface area contributed by atoms with E-state index < -0.39 is 0 Å². The van der Waals surface area contributed by atoms with Crippen LogP contribution in [0.2, 0.25) is 5.02 Å². The first-order valence-electron chi connectivity index (χ1n) is 9.18. The van der Waals surface area contributed by atoms with Gasteiger partial charge >= 0.3 is 0 Å². The zero-order valence-electron chi connectivity index (χ0n) is 16.0. The van der Waals surface area contributed by atoms with Gasteiger partial charge in [0.25, 0.3) is 11.5 Å². The minimum absolute atomic E-state index is 0.229. The predicted octanol–water partition coefficient (Wildman–Crippen LogP) is 4.72. The summed E-state index contributed by atoms with van der Waals surface area (Å²) in [5.41, 5.74) is 3.44. The number of aromatic amines is 2. The molecule has 2 aromatic carbocycles. The Hall–Kier alpha value is -3.84. The molecule has 4 rings (SSSR count). The van der Waals surface area contributed by atoms with Crippen LogP contribution in [-0.4, -0.2) is 20.9 Å². The number of hydrogen-bond donors (Lipinski definition) is 4. The number of anilines is 3. The van der Waals surface area contributed by atoms with Crippen molar-refractivity contribution in [3.05, 3.63) is 93.5 Å². The van der Waals surface area contributed by atoms with Gasteiger partial charge in [0.2, 0.25) is 5.95 Å². The molecule has 0 aliphatic rings. The van der Waals surface area contributed by atoms with E-state index in [0.29, 0.717) is 33.6 Å². The number of H-pyrrole nitrogens is 2. The summed E-state index contributed by atoms with van der Waals surface area (Å²) in [4.78, 5) is 34.7. The van der Waals surface area contributed by atoms with Crippen molar-refractivity contribution in [1.82, 2.24) is 15.0 Å². The molecule has 150 valence electrons. The number of nitrogens with zero attached hydrogens (tertiary/aromatic N) is 1. The van der Waals surface area contributed by atoms with E-state index in [1.54, 1.807) is 61.7 Å². The fraction of sp³-hybridized carbons (Fsp3) is 0.0455. The highest BCUT2D eigenvalue weighted by atomic mass is 35.5. The van der Waals surface area contributed by atoms with E-state index in [1.165, 1.54) is 0 Å². The predicted molar refractivity (Wildman–Crippen MR) is 119 cm³/mol. The second-order valence-corrected chi connectivity index (χ2v) is 7.07. The molecular formula is C22H18ClN5O2. The highest BCUT2D eigenvalue weighted by Crippen LogP contribution is 2.23. The summed E-state index contributed by atoms with van der Waals surface area (Å²) in [7, 11) is 0. The van der Waals surface area contributed by atoms with Crippen LogP contribution in [0.15, 0.2) is 71.7 Å².